The minimum Gasteiger partial charge on any atom is -0.508 e. The number of methoxy groups -OCH3 is 1. The molecule has 0 fully saturated rings. The van der Waals surface area contributed by atoms with Crippen molar-refractivity contribution in [3.8, 4) is 11.5 Å². The average molecular weight is 350 g/mol. The SMILES string of the molecule is COc1ccc(C(=O)NCCc2ccc(O)cc2)cc1Br. The lowest BCUT2D eigenvalue weighted by Gasteiger charge is -2.08. The third-order valence-corrected chi connectivity index (χ3v) is 3.67. The predicted octanol–water partition coefficient (Wildman–Crippen LogP) is 3.14. The summed E-state index contributed by atoms with van der Waals surface area (Å²) in [5, 5.41) is 12.1. The lowest BCUT2D eigenvalue weighted by molar-refractivity contribution is 0.0954. The number of rotatable bonds is 5. The molecule has 0 aliphatic rings. The molecule has 0 aliphatic carbocycles. The summed E-state index contributed by atoms with van der Waals surface area (Å²) >= 11 is 3.36. The molecule has 2 aromatic rings. The maximum Gasteiger partial charge on any atom is 0.251 e. The van der Waals surface area contributed by atoms with Crippen LogP contribution in [0.1, 0.15) is 15.9 Å². The molecule has 0 aromatic heterocycles. The molecule has 0 saturated heterocycles. The van der Waals surface area contributed by atoms with E-state index in [0.717, 1.165) is 10.0 Å². The van der Waals surface area contributed by atoms with Crippen molar-refractivity contribution >= 4 is 21.8 Å². The molecular formula is C16H16BrNO3. The van der Waals surface area contributed by atoms with Crippen LogP contribution in [0.2, 0.25) is 0 Å². The van der Waals surface area contributed by atoms with Crippen LogP contribution < -0.4 is 10.1 Å². The molecule has 2 N–H and O–H groups in total. The van der Waals surface area contributed by atoms with Crippen molar-refractivity contribution in [2.24, 2.45) is 0 Å². The fourth-order valence-electron chi connectivity index (χ4n) is 1.89. The van der Waals surface area contributed by atoms with Gasteiger partial charge in [-0.2, -0.15) is 0 Å². The topological polar surface area (TPSA) is 58.6 Å². The Balaban J connectivity index is 1.89. The molecule has 0 heterocycles. The summed E-state index contributed by atoms with van der Waals surface area (Å²) < 4.78 is 5.88. The van der Waals surface area contributed by atoms with E-state index in [1.54, 1.807) is 37.4 Å². The Labute approximate surface area is 131 Å². The normalized spacial score (nSPS) is 10.2. The number of phenolic OH excluding ortho intramolecular Hbond substituents is 1. The number of nitrogens with one attached hydrogen (secondary N) is 1. The van der Waals surface area contributed by atoms with E-state index in [9.17, 15) is 9.90 Å². The molecule has 0 unspecified atom stereocenters. The molecule has 0 spiro atoms. The van der Waals surface area contributed by atoms with E-state index in [2.05, 4.69) is 21.2 Å². The van der Waals surface area contributed by atoms with Crippen molar-refractivity contribution in [1.82, 2.24) is 5.32 Å². The predicted molar refractivity (Wildman–Crippen MR) is 84.8 cm³/mol. The highest BCUT2D eigenvalue weighted by Gasteiger charge is 2.08. The Kier molecular flexibility index (Phi) is 5.22. The van der Waals surface area contributed by atoms with E-state index in [0.29, 0.717) is 24.3 Å². The maximum absolute atomic E-state index is 12.0. The summed E-state index contributed by atoms with van der Waals surface area (Å²) in [6.07, 6.45) is 0.712. The number of aromatic hydroxyl groups is 1. The third kappa shape index (κ3) is 4.23. The van der Waals surface area contributed by atoms with E-state index in [-0.39, 0.29) is 11.7 Å². The maximum atomic E-state index is 12.0. The molecule has 21 heavy (non-hydrogen) atoms. The number of hydrogen-bond donors (Lipinski definition) is 2. The van der Waals surface area contributed by atoms with E-state index < -0.39 is 0 Å². The fraction of sp³-hybridized carbons (Fsp3) is 0.188. The first kappa shape index (κ1) is 15.4. The number of carbonyl (C=O) groups excluding carboxylic acids is 1. The summed E-state index contributed by atoms with van der Waals surface area (Å²) in [6.45, 7) is 0.535. The highest BCUT2D eigenvalue weighted by molar-refractivity contribution is 9.10. The van der Waals surface area contributed by atoms with Crippen LogP contribution in [0.4, 0.5) is 0 Å². The molecule has 110 valence electrons. The Hall–Kier alpha value is -2.01. The second-order valence-corrected chi connectivity index (χ2v) is 5.38. The monoisotopic (exact) mass is 349 g/mol. The fourth-order valence-corrected chi connectivity index (χ4v) is 2.43. The van der Waals surface area contributed by atoms with Gasteiger partial charge in [0, 0.05) is 12.1 Å². The lowest BCUT2D eigenvalue weighted by atomic mass is 10.1. The summed E-state index contributed by atoms with van der Waals surface area (Å²) in [5.74, 6) is 0.804. The Morgan fingerprint density at radius 2 is 1.95 bits per heavy atom. The molecule has 0 radical (unpaired) electrons. The molecule has 4 nitrogen and oxygen atoms in total. The van der Waals surface area contributed by atoms with E-state index in [4.69, 9.17) is 4.74 Å². The molecule has 5 heteroatoms. The van der Waals surface area contributed by atoms with Gasteiger partial charge in [-0.05, 0) is 58.2 Å². The number of phenols is 1. The number of ether oxygens (including phenoxy) is 1. The first-order valence-corrected chi connectivity index (χ1v) is 7.29. The zero-order valence-electron chi connectivity index (χ0n) is 11.6. The van der Waals surface area contributed by atoms with Crippen molar-refractivity contribution in [1.29, 1.82) is 0 Å². The van der Waals surface area contributed by atoms with Crippen LogP contribution in [0.25, 0.3) is 0 Å². The second-order valence-electron chi connectivity index (χ2n) is 4.52. The Morgan fingerprint density at radius 3 is 2.57 bits per heavy atom. The van der Waals surface area contributed by atoms with Crippen LogP contribution in [0, 0.1) is 0 Å². The summed E-state index contributed by atoms with van der Waals surface area (Å²) in [5.41, 5.74) is 1.64. The summed E-state index contributed by atoms with van der Waals surface area (Å²) in [6, 6.07) is 12.2. The Morgan fingerprint density at radius 1 is 1.24 bits per heavy atom. The van der Waals surface area contributed by atoms with Gasteiger partial charge in [0.15, 0.2) is 0 Å². The molecule has 1 amide bonds. The molecule has 0 aliphatic heterocycles. The molecule has 0 saturated carbocycles. The number of amides is 1. The van der Waals surface area contributed by atoms with Gasteiger partial charge < -0.3 is 15.2 Å². The van der Waals surface area contributed by atoms with Crippen molar-refractivity contribution in [2.45, 2.75) is 6.42 Å². The first-order chi connectivity index (χ1) is 10.1. The molecule has 2 rings (SSSR count). The lowest BCUT2D eigenvalue weighted by Crippen LogP contribution is -2.25. The molecule has 2 aromatic carbocycles. The van der Waals surface area contributed by atoms with Gasteiger partial charge in [0.2, 0.25) is 0 Å². The van der Waals surface area contributed by atoms with Crippen LogP contribution in [0.5, 0.6) is 11.5 Å². The largest absolute Gasteiger partial charge is 0.508 e. The highest BCUT2D eigenvalue weighted by atomic mass is 79.9. The smallest absolute Gasteiger partial charge is 0.251 e. The molecular weight excluding hydrogens is 334 g/mol. The van der Waals surface area contributed by atoms with Crippen molar-refractivity contribution < 1.29 is 14.6 Å². The minimum atomic E-state index is -0.128. The third-order valence-electron chi connectivity index (χ3n) is 3.05. The van der Waals surface area contributed by atoms with Gasteiger partial charge >= 0.3 is 0 Å². The zero-order valence-corrected chi connectivity index (χ0v) is 13.2. The van der Waals surface area contributed by atoms with Gasteiger partial charge in [-0.1, -0.05) is 12.1 Å². The molecule has 0 atom stereocenters. The number of benzene rings is 2. The summed E-state index contributed by atoms with van der Waals surface area (Å²) in [7, 11) is 1.58. The van der Waals surface area contributed by atoms with Gasteiger partial charge in [-0.3, -0.25) is 4.79 Å². The van der Waals surface area contributed by atoms with Gasteiger partial charge in [0.05, 0.1) is 11.6 Å². The zero-order chi connectivity index (χ0) is 15.2. The highest BCUT2D eigenvalue weighted by Crippen LogP contribution is 2.25. The van der Waals surface area contributed by atoms with Crippen molar-refractivity contribution in [3.05, 3.63) is 58.1 Å². The number of halogens is 1. The van der Waals surface area contributed by atoms with Gasteiger partial charge in [-0.15, -0.1) is 0 Å². The van der Waals surface area contributed by atoms with Crippen LogP contribution in [-0.2, 0) is 6.42 Å². The van der Waals surface area contributed by atoms with Gasteiger partial charge in [-0.25, -0.2) is 0 Å². The Bertz CT molecular complexity index is 626. The van der Waals surface area contributed by atoms with Crippen LogP contribution >= 0.6 is 15.9 Å². The standard InChI is InChI=1S/C16H16BrNO3/c1-21-15-7-4-12(10-14(15)17)16(20)18-9-8-11-2-5-13(19)6-3-11/h2-7,10,19H,8-9H2,1H3,(H,18,20). The number of hydrogen-bond acceptors (Lipinski definition) is 3. The van der Waals surface area contributed by atoms with Gasteiger partial charge in [0.1, 0.15) is 11.5 Å². The number of carbonyl (C=O) groups is 1. The molecule has 0 bridgehead atoms. The second kappa shape index (κ2) is 7.13. The van der Waals surface area contributed by atoms with Crippen molar-refractivity contribution in [2.75, 3.05) is 13.7 Å². The summed E-state index contributed by atoms with van der Waals surface area (Å²) in [4.78, 5) is 12.0. The average Bonchev–Trinajstić information content (AvgIpc) is 2.49. The van der Waals surface area contributed by atoms with E-state index in [1.807, 2.05) is 12.1 Å². The van der Waals surface area contributed by atoms with Gasteiger partial charge in [0.25, 0.3) is 5.91 Å². The van der Waals surface area contributed by atoms with Crippen LogP contribution in [0.15, 0.2) is 46.9 Å². The quantitative estimate of drug-likeness (QED) is 0.871. The van der Waals surface area contributed by atoms with E-state index in [1.165, 1.54) is 0 Å². The van der Waals surface area contributed by atoms with Crippen molar-refractivity contribution in [3.63, 3.8) is 0 Å². The van der Waals surface area contributed by atoms with E-state index >= 15 is 0 Å². The first-order valence-electron chi connectivity index (χ1n) is 6.50. The van der Waals surface area contributed by atoms with Crippen LogP contribution in [-0.4, -0.2) is 24.7 Å². The minimum absolute atomic E-state index is 0.128. The van der Waals surface area contributed by atoms with Crippen LogP contribution in [0.3, 0.4) is 0 Å².